The lowest BCUT2D eigenvalue weighted by molar-refractivity contribution is -0.122. The van der Waals surface area contributed by atoms with E-state index in [2.05, 4.69) is 5.32 Å². The van der Waals surface area contributed by atoms with E-state index in [1.165, 1.54) is 0 Å². The number of para-hydroxylation sites is 2. The maximum Gasteiger partial charge on any atom is 0.255 e. The smallest absolute Gasteiger partial charge is 0.255 e. The van der Waals surface area contributed by atoms with Crippen molar-refractivity contribution < 1.29 is 23.9 Å². The minimum Gasteiger partial charge on any atom is -0.489 e. The van der Waals surface area contributed by atoms with Crippen molar-refractivity contribution in [3.05, 3.63) is 54.1 Å². The van der Waals surface area contributed by atoms with Crippen LogP contribution in [0.1, 0.15) is 43.0 Å². The predicted octanol–water partition coefficient (Wildman–Crippen LogP) is 3.79. The van der Waals surface area contributed by atoms with Crippen LogP contribution in [0.2, 0.25) is 0 Å². The summed E-state index contributed by atoms with van der Waals surface area (Å²) < 4.78 is 11.6. The summed E-state index contributed by atoms with van der Waals surface area (Å²) >= 11 is 0. The van der Waals surface area contributed by atoms with E-state index < -0.39 is 0 Å². The van der Waals surface area contributed by atoms with Gasteiger partial charge < -0.3 is 14.8 Å². The Balaban J connectivity index is 1.46. The fraction of sp³-hybridized carbons (Fsp3) is 0.375. The first-order valence-electron chi connectivity index (χ1n) is 10.6. The lowest BCUT2D eigenvalue weighted by Crippen LogP contribution is -2.30. The van der Waals surface area contributed by atoms with Gasteiger partial charge in [0.1, 0.15) is 12.4 Å². The third kappa shape index (κ3) is 4.77. The van der Waals surface area contributed by atoms with E-state index >= 15 is 0 Å². The molecule has 2 fully saturated rings. The van der Waals surface area contributed by atoms with E-state index in [1.54, 1.807) is 43.3 Å². The largest absolute Gasteiger partial charge is 0.489 e. The molecule has 2 aromatic rings. The molecule has 7 heteroatoms. The number of imide groups is 1. The minimum atomic E-state index is -0.348. The molecule has 162 valence electrons. The van der Waals surface area contributed by atoms with Crippen molar-refractivity contribution >= 4 is 29.1 Å². The number of carbonyl (C=O) groups is 3. The fourth-order valence-corrected chi connectivity index (χ4v) is 3.85. The molecule has 1 N–H and O–H groups in total. The minimum absolute atomic E-state index is 0.0621. The zero-order chi connectivity index (χ0) is 21.8. The average molecular weight is 422 g/mol. The van der Waals surface area contributed by atoms with Crippen molar-refractivity contribution in [1.29, 1.82) is 0 Å². The Labute approximate surface area is 181 Å². The second-order valence-electron chi connectivity index (χ2n) is 7.97. The second-order valence-corrected chi connectivity index (χ2v) is 7.97. The van der Waals surface area contributed by atoms with Gasteiger partial charge in [-0.2, -0.15) is 0 Å². The second kappa shape index (κ2) is 9.31. The van der Waals surface area contributed by atoms with Gasteiger partial charge in [-0.3, -0.25) is 19.3 Å². The first kappa shape index (κ1) is 21.1. The fourth-order valence-electron chi connectivity index (χ4n) is 3.85. The highest BCUT2D eigenvalue weighted by molar-refractivity contribution is 6.21. The van der Waals surface area contributed by atoms with Crippen molar-refractivity contribution in [2.45, 2.75) is 38.7 Å². The van der Waals surface area contributed by atoms with Crippen LogP contribution >= 0.6 is 0 Å². The first-order valence-corrected chi connectivity index (χ1v) is 10.6. The van der Waals surface area contributed by atoms with E-state index in [0.29, 0.717) is 29.3 Å². The SMILES string of the molecule is C[C@H]1CC(=O)N(c2cccc(C(=O)Nc3ccccc3OC[C@@H]3CCCCO3)c2)C1=O. The maximum atomic E-state index is 12.9. The Morgan fingerprint density at radius 2 is 2.00 bits per heavy atom. The Morgan fingerprint density at radius 1 is 1.16 bits per heavy atom. The van der Waals surface area contributed by atoms with Crippen molar-refractivity contribution in [1.82, 2.24) is 0 Å². The molecule has 0 saturated carbocycles. The number of carbonyl (C=O) groups excluding carboxylic acids is 3. The summed E-state index contributed by atoms with van der Waals surface area (Å²) in [6.07, 6.45) is 3.42. The van der Waals surface area contributed by atoms with E-state index in [-0.39, 0.29) is 36.2 Å². The maximum absolute atomic E-state index is 12.9. The molecule has 3 amide bonds. The molecule has 0 unspecified atom stereocenters. The molecule has 2 aliphatic rings. The zero-order valence-corrected chi connectivity index (χ0v) is 17.5. The van der Waals surface area contributed by atoms with Gasteiger partial charge in [0.05, 0.1) is 17.5 Å². The lowest BCUT2D eigenvalue weighted by atomic mass is 10.1. The van der Waals surface area contributed by atoms with Crippen LogP contribution in [-0.2, 0) is 14.3 Å². The predicted molar refractivity (Wildman–Crippen MR) is 116 cm³/mol. The van der Waals surface area contributed by atoms with Gasteiger partial charge in [0.25, 0.3) is 5.91 Å². The number of nitrogens with one attached hydrogen (secondary N) is 1. The van der Waals surface area contributed by atoms with Gasteiger partial charge in [-0.15, -0.1) is 0 Å². The molecule has 2 saturated heterocycles. The van der Waals surface area contributed by atoms with Gasteiger partial charge in [0.15, 0.2) is 0 Å². The standard InChI is InChI=1S/C24H26N2O5/c1-16-13-22(27)26(24(16)29)18-8-6-7-17(14-18)23(28)25-20-10-2-3-11-21(20)31-15-19-9-4-5-12-30-19/h2-3,6-8,10-11,14,16,19H,4-5,9,12-13,15H2,1H3,(H,25,28)/t16-,19-/m0/s1. The molecule has 0 radical (unpaired) electrons. The van der Waals surface area contributed by atoms with E-state index in [0.717, 1.165) is 30.8 Å². The number of anilines is 2. The molecule has 4 rings (SSSR count). The van der Waals surface area contributed by atoms with Crippen LogP contribution in [0.15, 0.2) is 48.5 Å². The molecular weight excluding hydrogens is 396 g/mol. The molecule has 2 atom stereocenters. The third-order valence-electron chi connectivity index (χ3n) is 5.57. The molecule has 2 aromatic carbocycles. The van der Waals surface area contributed by atoms with Crippen LogP contribution < -0.4 is 15.0 Å². The molecular formula is C24H26N2O5. The van der Waals surface area contributed by atoms with Crippen molar-refractivity contribution in [2.75, 3.05) is 23.4 Å². The highest BCUT2D eigenvalue weighted by Crippen LogP contribution is 2.28. The number of nitrogens with zero attached hydrogens (tertiary/aromatic N) is 1. The lowest BCUT2D eigenvalue weighted by Gasteiger charge is -2.23. The summed E-state index contributed by atoms with van der Waals surface area (Å²) in [5, 5.41) is 2.87. The van der Waals surface area contributed by atoms with E-state index in [9.17, 15) is 14.4 Å². The summed E-state index contributed by atoms with van der Waals surface area (Å²) in [4.78, 5) is 38.5. The number of rotatable bonds is 6. The highest BCUT2D eigenvalue weighted by atomic mass is 16.5. The van der Waals surface area contributed by atoms with E-state index in [4.69, 9.17) is 9.47 Å². The van der Waals surface area contributed by atoms with Gasteiger partial charge in [0, 0.05) is 24.5 Å². The number of hydrogen-bond acceptors (Lipinski definition) is 5. The number of benzene rings is 2. The van der Waals surface area contributed by atoms with Gasteiger partial charge >= 0.3 is 0 Å². The molecule has 2 aliphatic heterocycles. The Hall–Kier alpha value is -3.19. The molecule has 0 aliphatic carbocycles. The van der Waals surface area contributed by atoms with Gasteiger partial charge in [-0.05, 0) is 49.6 Å². The Kier molecular flexibility index (Phi) is 6.32. The summed E-state index contributed by atoms with van der Waals surface area (Å²) in [6.45, 7) is 2.91. The van der Waals surface area contributed by atoms with Crippen molar-refractivity contribution in [3.63, 3.8) is 0 Å². The summed E-state index contributed by atoms with van der Waals surface area (Å²) in [5.41, 5.74) is 1.31. The van der Waals surface area contributed by atoms with Gasteiger partial charge in [-0.1, -0.05) is 25.1 Å². The highest BCUT2D eigenvalue weighted by Gasteiger charge is 2.36. The Morgan fingerprint density at radius 3 is 2.74 bits per heavy atom. The van der Waals surface area contributed by atoms with Crippen molar-refractivity contribution in [3.8, 4) is 5.75 Å². The molecule has 31 heavy (non-hydrogen) atoms. The molecule has 0 aromatic heterocycles. The molecule has 0 spiro atoms. The Bertz CT molecular complexity index is 983. The van der Waals surface area contributed by atoms with Crippen LogP contribution in [0.5, 0.6) is 5.75 Å². The average Bonchev–Trinajstić information content (AvgIpc) is 3.05. The molecule has 0 bridgehead atoms. The van der Waals surface area contributed by atoms with Crippen LogP contribution in [0, 0.1) is 5.92 Å². The van der Waals surface area contributed by atoms with Gasteiger partial charge in [0.2, 0.25) is 11.8 Å². The van der Waals surface area contributed by atoms with E-state index in [1.807, 2.05) is 12.1 Å². The van der Waals surface area contributed by atoms with Crippen LogP contribution in [0.4, 0.5) is 11.4 Å². The molecule has 7 nitrogen and oxygen atoms in total. The number of hydrogen-bond donors (Lipinski definition) is 1. The summed E-state index contributed by atoms with van der Waals surface area (Å²) in [5.74, 6) is -0.619. The van der Waals surface area contributed by atoms with Crippen molar-refractivity contribution in [2.24, 2.45) is 5.92 Å². The quantitative estimate of drug-likeness (QED) is 0.716. The monoisotopic (exact) mass is 422 g/mol. The molecule has 2 heterocycles. The van der Waals surface area contributed by atoms with Crippen LogP contribution in [0.3, 0.4) is 0 Å². The first-order chi connectivity index (χ1) is 15.0. The van der Waals surface area contributed by atoms with Crippen LogP contribution in [0.25, 0.3) is 0 Å². The van der Waals surface area contributed by atoms with Gasteiger partial charge in [-0.25, -0.2) is 0 Å². The zero-order valence-electron chi connectivity index (χ0n) is 17.5. The number of ether oxygens (including phenoxy) is 2. The topological polar surface area (TPSA) is 84.9 Å². The third-order valence-corrected chi connectivity index (χ3v) is 5.57. The summed E-state index contributed by atoms with van der Waals surface area (Å²) in [7, 11) is 0. The number of amides is 3. The normalized spacial score (nSPS) is 21.3. The van der Waals surface area contributed by atoms with Crippen LogP contribution in [-0.4, -0.2) is 37.0 Å². The summed E-state index contributed by atoms with van der Waals surface area (Å²) in [6, 6.07) is 13.8.